The predicted molar refractivity (Wildman–Crippen MR) is 139 cm³/mol. The molecule has 2 amide bonds. The number of nitro benzene ring substituents is 1. The van der Waals surface area contributed by atoms with Crippen LogP contribution >= 0.6 is 0 Å². The summed E-state index contributed by atoms with van der Waals surface area (Å²) in [7, 11) is 0. The van der Waals surface area contributed by atoms with Crippen LogP contribution in [-0.2, 0) is 9.59 Å². The van der Waals surface area contributed by atoms with Gasteiger partial charge in [-0.1, -0.05) is 23.8 Å². The Morgan fingerprint density at radius 2 is 1.95 bits per heavy atom. The number of phenols is 1. The minimum atomic E-state index is -1.14. The van der Waals surface area contributed by atoms with E-state index >= 15 is 0 Å². The summed E-state index contributed by atoms with van der Waals surface area (Å²) >= 11 is 0. The monoisotopic (exact) mass is 540 g/mol. The van der Waals surface area contributed by atoms with E-state index in [-0.39, 0.29) is 24.2 Å². The van der Waals surface area contributed by atoms with Crippen LogP contribution in [0.15, 0.2) is 59.2 Å². The first-order valence-corrected chi connectivity index (χ1v) is 12.5. The molecule has 0 spiro atoms. The summed E-state index contributed by atoms with van der Waals surface area (Å²) in [5, 5.41) is 52.1. The van der Waals surface area contributed by atoms with Crippen LogP contribution in [0.25, 0.3) is 6.08 Å². The number of hydrogen-bond donors (Lipinski definition) is 4. The molecule has 0 radical (unpaired) electrons. The maximum absolute atomic E-state index is 13.7. The Kier molecular flexibility index (Phi) is 8.24. The summed E-state index contributed by atoms with van der Waals surface area (Å²) in [5.74, 6) is -5.25. The molecule has 4 atom stereocenters. The highest BCUT2D eigenvalue weighted by Gasteiger charge is 2.55. The third-order valence-electron chi connectivity index (χ3n) is 7.43. The molecule has 1 heterocycles. The fraction of sp³-hybridized carbons (Fsp3) is 0.357. The third-order valence-corrected chi connectivity index (χ3v) is 7.43. The molecule has 2 aromatic rings. The van der Waals surface area contributed by atoms with Crippen molar-refractivity contribution in [2.45, 2.75) is 32.3 Å². The number of carbonyl (C=O) groups is 2. The van der Waals surface area contributed by atoms with E-state index in [2.05, 4.69) is 0 Å². The number of aliphatic hydroxyl groups is 3. The van der Waals surface area contributed by atoms with Crippen molar-refractivity contribution in [1.29, 1.82) is 0 Å². The van der Waals surface area contributed by atoms with Gasteiger partial charge in [0.1, 0.15) is 0 Å². The number of imide groups is 1. The van der Waals surface area contributed by atoms with Crippen molar-refractivity contribution in [2.24, 2.45) is 17.8 Å². The number of fused-ring (bicyclic) bond motifs is 1. The summed E-state index contributed by atoms with van der Waals surface area (Å²) in [6.07, 6.45) is 1.10. The van der Waals surface area contributed by atoms with Crippen LogP contribution < -0.4 is 4.90 Å². The van der Waals surface area contributed by atoms with Crippen molar-refractivity contribution >= 4 is 29.3 Å². The van der Waals surface area contributed by atoms with E-state index in [0.717, 1.165) is 16.5 Å². The molecule has 4 N–H and O–H groups in total. The van der Waals surface area contributed by atoms with Gasteiger partial charge in [-0.05, 0) is 61.1 Å². The molecule has 4 rings (SSSR count). The molecule has 1 saturated heterocycles. The summed E-state index contributed by atoms with van der Waals surface area (Å²) in [6.45, 7) is 0.752. The lowest BCUT2D eigenvalue weighted by molar-refractivity contribution is -0.384. The van der Waals surface area contributed by atoms with Crippen molar-refractivity contribution in [3.05, 3.63) is 80.7 Å². The number of nitrogens with zero attached hydrogens (tertiary/aromatic N) is 2. The van der Waals surface area contributed by atoms with Crippen molar-refractivity contribution in [3.8, 4) is 5.75 Å². The van der Waals surface area contributed by atoms with Gasteiger partial charge in [-0.15, -0.1) is 0 Å². The molecule has 0 saturated carbocycles. The van der Waals surface area contributed by atoms with Gasteiger partial charge in [0.25, 0.3) is 5.69 Å². The number of nitro groups is 1. The molecule has 10 nitrogen and oxygen atoms in total. The topological polar surface area (TPSA) is 161 Å². The maximum atomic E-state index is 13.7. The van der Waals surface area contributed by atoms with Gasteiger partial charge >= 0.3 is 0 Å². The zero-order valence-electron chi connectivity index (χ0n) is 21.2. The van der Waals surface area contributed by atoms with Crippen molar-refractivity contribution in [1.82, 2.24) is 0 Å². The second-order valence-electron chi connectivity index (χ2n) is 9.89. The van der Waals surface area contributed by atoms with Crippen LogP contribution in [0.5, 0.6) is 5.75 Å². The Morgan fingerprint density at radius 1 is 1.21 bits per heavy atom. The number of rotatable bonds is 9. The van der Waals surface area contributed by atoms with Crippen molar-refractivity contribution in [3.63, 3.8) is 0 Å². The molecule has 0 aromatic heterocycles. The quantitative estimate of drug-likeness (QED) is 0.163. The molecule has 1 aliphatic heterocycles. The van der Waals surface area contributed by atoms with Gasteiger partial charge < -0.3 is 20.4 Å². The summed E-state index contributed by atoms with van der Waals surface area (Å²) in [5.41, 5.74) is 1.76. The van der Waals surface area contributed by atoms with E-state index in [1.807, 2.05) is 0 Å². The fourth-order valence-electron chi connectivity index (χ4n) is 5.60. The second kappa shape index (κ2) is 11.4. The van der Waals surface area contributed by atoms with Gasteiger partial charge in [-0.25, -0.2) is 9.29 Å². The van der Waals surface area contributed by atoms with Crippen LogP contribution in [0, 0.1) is 33.7 Å². The predicted octanol–water partition coefficient (Wildman–Crippen LogP) is 3.09. The first-order chi connectivity index (χ1) is 18.6. The smallest absolute Gasteiger partial charge is 0.271 e. The van der Waals surface area contributed by atoms with Gasteiger partial charge in [0.2, 0.25) is 11.8 Å². The van der Waals surface area contributed by atoms with Crippen molar-refractivity contribution < 1.29 is 39.3 Å². The molecule has 11 heteroatoms. The number of amides is 2. The van der Waals surface area contributed by atoms with E-state index in [0.29, 0.717) is 23.1 Å². The van der Waals surface area contributed by atoms with E-state index in [9.17, 15) is 44.5 Å². The van der Waals surface area contributed by atoms with Gasteiger partial charge in [0.05, 0.1) is 41.8 Å². The Morgan fingerprint density at radius 3 is 2.59 bits per heavy atom. The summed E-state index contributed by atoms with van der Waals surface area (Å²) < 4.78 is 13.7. The number of benzene rings is 2. The average Bonchev–Trinajstić information content (AvgIpc) is 3.17. The molecule has 0 unspecified atom stereocenters. The van der Waals surface area contributed by atoms with E-state index in [4.69, 9.17) is 0 Å². The van der Waals surface area contributed by atoms with Gasteiger partial charge in [0.15, 0.2) is 11.6 Å². The number of carbonyl (C=O) groups excluding carboxylic acids is 2. The lowest BCUT2D eigenvalue weighted by Gasteiger charge is -2.36. The van der Waals surface area contributed by atoms with Crippen LogP contribution in [0.4, 0.5) is 15.8 Å². The lowest BCUT2D eigenvalue weighted by atomic mass is 9.68. The Hall–Kier alpha value is -3.93. The number of aromatic hydroxyl groups is 1. The fourth-order valence-corrected chi connectivity index (χ4v) is 5.60. The van der Waals surface area contributed by atoms with Gasteiger partial charge in [-0.3, -0.25) is 19.7 Å². The molecule has 2 aliphatic rings. The molecule has 1 aliphatic carbocycles. The van der Waals surface area contributed by atoms with Crippen LogP contribution in [0.2, 0.25) is 0 Å². The Labute approximate surface area is 223 Å². The lowest BCUT2D eigenvalue weighted by Crippen LogP contribution is -2.39. The number of anilines is 1. The average molecular weight is 541 g/mol. The summed E-state index contributed by atoms with van der Waals surface area (Å²) in [6, 6.07) is 9.12. The highest BCUT2D eigenvalue weighted by Crippen LogP contribution is 2.47. The normalized spacial score (nSPS) is 22.3. The molecular formula is C28H29FN2O8. The van der Waals surface area contributed by atoms with E-state index in [1.54, 1.807) is 19.1 Å². The van der Waals surface area contributed by atoms with Gasteiger partial charge in [-0.2, -0.15) is 0 Å². The van der Waals surface area contributed by atoms with E-state index < -0.39 is 65.4 Å². The number of hydrogen-bond acceptors (Lipinski definition) is 8. The standard InChI is InChI=1S/C28H29FN2O8/c1-15(9-16-6-8-23(34)22(29)10-16)5-7-24(35)25-17(13-32)11-20-26(21(25)14-33)28(37)30(27(20)36)18-3-2-4-19(12-18)31(38)39/h2-4,6,8-10,12,20-21,24,26,32-35H,5,7,11,13-14H2,1H3/b15-9+/t20-,21+,24-,26-/m1/s1. The Balaban J connectivity index is 1.57. The zero-order chi connectivity index (χ0) is 28.4. The van der Waals surface area contributed by atoms with Crippen LogP contribution in [0.1, 0.15) is 31.7 Å². The minimum Gasteiger partial charge on any atom is -0.505 e. The summed E-state index contributed by atoms with van der Waals surface area (Å²) in [4.78, 5) is 38.3. The number of phenolic OH excluding ortho intramolecular Hbond substituents is 1. The maximum Gasteiger partial charge on any atom is 0.271 e. The van der Waals surface area contributed by atoms with Crippen LogP contribution in [0.3, 0.4) is 0 Å². The van der Waals surface area contributed by atoms with Crippen molar-refractivity contribution in [2.75, 3.05) is 18.1 Å². The largest absolute Gasteiger partial charge is 0.505 e. The number of allylic oxidation sites excluding steroid dienone is 1. The highest BCUT2D eigenvalue weighted by molar-refractivity contribution is 6.22. The van der Waals surface area contributed by atoms with Gasteiger partial charge in [0, 0.05) is 18.1 Å². The highest BCUT2D eigenvalue weighted by atomic mass is 19.1. The molecule has 2 aromatic carbocycles. The number of aliphatic hydroxyl groups excluding tert-OH is 3. The molecular weight excluding hydrogens is 511 g/mol. The second-order valence-corrected chi connectivity index (χ2v) is 9.89. The number of halogens is 1. The zero-order valence-corrected chi connectivity index (χ0v) is 21.2. The Bertz CT molecular complexity index is 1370. The number of non-ortho nitro benzene ring substituents is 1. The third kappa shape index (κ3) is 5.47. The van der Waals surface area contributed by atoms with E-state index in [1.165, 1.54) is 30.3 Å². The SMILES string of the molecule is C/C(=C\c1ccc(O)c(F)c1)CC[C@@H](O)C1=C(CO)C[C@H]2C(=O)N(c3cccc([N+](=O)[O-])c3)C(=O)[C@H]2[C@H]1CO. The van der Waals surface area contributed by atoms with Crippen LogP contribution in [-0.4, -0.2) is 56.5 Å². The first kappa shape index (κ1) is 28.1. The molecule has 0 bridgehead atoms. The molecule has 1 fully saturated rings. The minimum absolute atomic E-state index is 0.00165. The first-order valence-electron chi connectivity index (χ1n) is 12.5. The molecule has 206 valence electrons. The molecule has 39 heavy (non-hydrogen) atoms.